The van der Waals surface area contributed by atoms with Crippen LogP contribution in [0.4, 0.5) is 0 Å². The number of benzene rings is 1. The molecule has 0 bridgehead atoms. The predicted molar refractivity (Wildman–Crippen MR) is 67.5 cm³/mol. The molecule has 1 heterocycles. The van der Waals surface area contributed by atoms with E-state index in [1.807, 2.05) is 25.1 Å². The third-order valence-electron chi connectivity index (χ3n) is 2.47. The van der Waals surface area contributed by atoms with Gasteiger partial charge in [-0.25, -0.2) is 8.42 Å². The van der Waals surface area contributed by atoms with Gasteiger partial charge in [0.05, 0.1) is 10.6 Å². The van der Waals surface area contributed by atoms with E-state index in [0.29, 0.717) is 4.90 Å². The number of aryl methyl sites for hydroxylation is 1. The monoisotopic (exact) mass is 247 g/mol. The minimum atomic E-state index is -3.13. The summed E-state index contributed by atoms with van der Waals surface area (Å²) in [6.07, 6.45) is 1.20. The first-order chi connectivity index (χ1) is 7.97. The molecule has 0 N–H and O–H groups in total. The second-order valence-electron chi connectivity index (χ2n) is 3.96. The topological polar surface area (TPSA) is 47.0 Å². The maximum atomic E-state index is 11.3. The highest BCUT2D eigenvalue weighted by atomic mass is 32.2. The smallest absolute Gasteiger partial charge is 0.175 e. The number of pyridine rings is 1. The molecule has 17 heavy (non-hydrogen) atoms. The van der Waals surface area contributed by atoms with Crippen LogP contribution in [0.25, 0.3) is 11.3 Å². The molecule has 0 fully saturated rings. The predicted octanol–water partition coefficient (Wildman–Crippen LogP) is 2.46. The largest absolute Gasteiger partial charge is 0.253 e. The van der Waals surface area contributed by atoms with E-state index < -0.39 is 9.84 Å². The molecule has 0 radical (unpaired) electrons. The first kappa shape index (κ1) is 11.8. The van der Waals surface area contributed by atoms with Crippen LogP contribution in [-0.2, 0) is 9.84 Å². The highest BCUT2D eigenvalue weighted by Crippen LogP contribution is 2.19. The summed E-state index contributed by atoms with van der Waals surface area (Å²) in [6.45, 7) is 1.92. The quantitative estimate of drug-likeness (QED) is 0.819. The summed E-state index contributed by atoms with van der Waals surface area (Å²) in [6, 6.07) is 12.5. The van der Waals surface area contributed by atoms with Crippen LogP contribution in [0.15, 0.2) is 47.4 Å². The van der Waals surface area contributed by atoms with Gasteiger partial charge in [-0.2, -0.15) is 0 Å². The van der Waals surface area contributed by atoms with Gasteiger partial charge < -0.3 is 0 Å². The average molecular weight is 247 g/mol. The zero-order chi connectivity index (χ0) is 12.5. The molecule has 0 spiro atoms. The van der Waals surface area contributed by atoms with Crippen molar-refractivity contribution in [1.82, 2.24) is 4.98 Å². The molecule has 3 nitrogen and oxygen atoms in total. The number of hydrogen-bond acceptors (Lipinski definition) is 3. The van der Waals surface area contributed by atoms with E-state index in [2.05, 4.69) is 4.98 Å². The lowest BCUT2D eigenvalue weighted by Gasteiger charge is -2.03. The van der Waals surface area contributed by atoms with Crippen molar-refractivity contribution in [3.8, 4) is 11.3 Å². The molecule has 0 amide bonds. The fraction of sp³-hybridized carbons (Fsp3) is 0.154. The Bertz CT molecular complexity index is 631. The summed E-state index contributed by atoms with van der Waals surface area (Å²) in [4.78, 5) is 4.71. The molecule has 2 aromatic rings. The van der Waals surface area contributed by atoms with Gasteiger partial charge in [0.2, 0.25) is 0 Å². The number of sulfone groups is 1. The zero-order valence-electron chi connectivity index (χ0n) is 9.71. The average Bonchev–Trinajstić information content (AvgIpc) is 2.28. The Labute approximate surface area is 101 Å². The first-order valence-corrected chi connectivity index (χ1v) is 7.10. The number of nitrogens with zero attached hydrogens (tertiary/aromatic N) is 1. The van der Waals surface area contributed by atoms with E-state index in [4.69, 9.17) is 0 Å². The van der Waals surface area contributed by atoms with Crippen LogP contribution in [-0.4, -0.2) is 19.7 Å². The zero-order valence-corrected chi connectivity index (χ0v) is 10.5. The Morgan fingerprint density at radius 1 is 1.00 bits per heavy atom. The van der Waals surface area contributed by atoms with Crippen LogP contribution in [0.1, 0.15) is 5.69 Å². The van der Waals surface area contributed by atoms with Crippen LogP contribution in [0.2, 0.25) is 0 Å². The van der Waals surface area contributed by atoms with Gasteiger partial charge in [-0.15, -0.1) is 0 Å². The molecule has 0 saturated heterocycles. The molecule has 88 valence electrons. The van der Waals surface area contributed by atoms with E-state index >= 15 is 0 Å². The lowest BCUT2D eigenvalue weighted by atomic mass is 10.1. The Balaban J connectivity index is 2.43. The van der Waals surface area contributed by atoms with Gasteiger partial charge in [0.25, 0.3) is 0 Å². The molecular formula is C13H13NO2S. The fourth-order valence-electron chi connectivity index (χ4n) is 1.58. The molecule has 1 aromatic carbocycles. The van der Waals surface area contributed by atoms with Crippen molar-refractivity contribution in [3.63, 3.8) is 0 Å². The normalized spacial score (nSPS) is 11.4. The summed E-state index contributed by atoms with van der Waals surface area (Å²) in [5.41, 5.74) is 2.71. The van der Waals surface area contributed by atoms with Crippen molar-refractivity contribution in [2.24, 2.45) is 0 Å². The molecule has 0 aliphatic rings. The highest BCUT2D eigenvalue weighted by Gasteiger charge is 2.07. The van der Waals surface area contributed by atoms with Gasteiger partial charge in [-0.1, -0.05) is 18.2 Å². The lowest BCUT2D eigenvalue weighted by molar-refractivity contribution is 0.602. The second-order valence-corrected chi connectivity index (χ2v) is 5.98. The van der Waals surface area contributed by atoms with Crippen molar-refractivity contribution in [3.05, 3.63) is 48.2 Å². The number of hydrogen-bond donors (Lipinski definition) is 0. The Morgan fingerprint density at radius 3 is 2.18 bits per heavy atom. The van der Waals surface area contributed by atoms with Crippen molar-refractivity contribution in [1.29, 1.82) is 0 Å². The second kappa shape index (κ2) is 4.30. The Kier molecular flexibility index (Phi) is 2.98. The van der Waals surface area contributed by atoms with Crippen molar-refractivity contribution in [2.75, 3.05) is 6.26 Å². The third kappa shape index (κ3) is 2.71. The van der Waals surface area contributed by atoms with Crippen LogP contribution in [0.3, 0.4) is 0 Å². The van der Waals surface area contributed by atoms with Crippen LogP contribution < -0.4 is 0 Å². The standard InChI is InChI=1S/C13H13NO2S/c1-10-4-3-5-13(14-10)11-6-8-12(9-7-11)17(2,15)16/h3-9H,1-2H3. The van der Waals surface area contributed by atoms with E-state index in [1.54, 1.807) is 24.3 Å². The lowest BCUT2D eigenvalue weighted by Crippen LogP contribution is -1.96. The number of aromatic nitrogens is 1. The van der Waals surface area contributed by atoms with Gasteiger partial charge in [-0.3, -0.25) is 4.98 Å². The van der Waals surface area contributed by atoms with E-state index in [-0.39, 0.29) is 0 Å². The Morgan fingerprint density at radius 2 is 1.65 bits per heavy atom. The van der Waals surface area contributed by atoms with Gasteiger partial charge in [0, 0.05) is 17.5 Å². The van der Waals surface area contributed by atoms with Gasteiger partial charge in [0.15, 0.2) is 9.84 Å². The maximum absolute atomic E-state index is 11.3. The SMILES string of the molecule is Cc1cccc(-c2ccc(S(C)(=O)=O)cc2)n1. The van der Waals surface area contributed by atoms with E-state index in [0.717, 1.165) is 17.0 Å². The Hall–Kier alpha value is -1.68. The molecule has 1 aromatic heterocycles. The molecule has 0 aliphatic carbocycles. The van der Waals surface area contributed by atoms with Crippen molar-refractivity contribution >= 4 is 9.84 Å². The van der Waals surface area contributed by atoms with E-state index in [9.17, 15) is 8.42 Å². The van der Waals surface area contributed by atoms with Crippen LogP contribution >= 0.6 is 0 Å². The molecule has 4 heteroatoms. The van der Waals surface area contributed by atoms with E-state index in [1.165, 1.54) is 6.26 Å². The summed E-state index contributed by atoms with van der Waals surface area (Å²) in [7, 11) is -3.13. The van der Waals surface area contributed by atoms with Crippen molar-refractivity contribution in [2.45, 2.75) is 11.8 Å². The molecule has 0 saturated carbocycles. The van der Waals surface area contributed by atoms with Gasteiger partial charge >= 0.3 is 0 Å². The molecule has 2 rings (SSSR count). The summed E-state index contributed by atoms with van der Waals surface area (Å²) >= 11 is 0. The van der Waals surface area contributed by atoms with Crippen LogP contribution in [0, 0.1) is 6.92 Å². The highest BCUT2D eigenvalue weighted by molar-refractivity contribution is 7.90. The summed E-state index contributed by atoms with van der Waals surface area (Å²) in [5, 5.41) is 0. The minimum absolute atomic E-state index is 0.328. The number of rotatable bonds is 2. The summed E-state index contributed by atoms with van der Waals surface area (Å²) in [5.74, 6) is 0. The third-order valence-corrected chi connectivity index (χ3v) is 3.60. The minimum Gasteiger partial charge on any atom is -0.253 e. The molecule has 0 aliphatic heterocycles. The first-order valence-electron chi connectivity index (χ1n) is 5.21. The molecule has 0 atom stereocenters. The van der Waals surface area contributed by atoms with Crippen molar-refractivity contribution < 1.29 is 8.42 Å². The summed E-state index contributed by atoms with van der Waals surface area (Å²) < 4.78 is 22.6. The van der Waals surface area contributed by atoms with Crippen LogP contribution in [0.5, 0.6) is 0 Å². The molecule has 0 unspecified atom stereocenters. The fourth-order valence-corrected chi connectivity index (χ4v) is 2.21. The molecular weight excluding hydrogens is 234 g/mol. The van der Waals surface area contributed by atoms with Gasteiger partial charge in [-0.05, 0) is 31.2 Å². The maximum Gasteiger partial charge on any atom is 0.175 e. The van der Waals surface area contributed by atoms with Gasteiger partial charge in [0.1, 0.15) is 0 Å².